The zero-order valence-electron chi connectivity index (χ0n) is 7.08. The summed E-state index contributed by atoms with van der Waals surface area (Å²) < 4.78 is 5.34. The van der Waals surface area contributed by atoms with Gasteiger partial charge in [-0.2, -0.15) is 0 Å². The summed E-state index contributed by atoms with van der Waals surface area (Å²) >= 11 is 0. The van der Waals surface area contributed by atoms with E-state index >= 15 is 0 Å². The molecule has 0 amide bonds. The van der Waals surface area contributed by atoms with Crippen LogP contribution in [0.3, 0.4) is 0 Å². The zero-order chi connectivity index (χ0) is 8.81. The van der Waals surface area contributed by atoms with E-state index < -0.39 is 0 Å². The molecule has 0 fully saturated rings. The minimum atomic E-state index is 0.569. The predicted octanol–water partition coefficient (Wildman–Crippen LogP) is 1.79. The summed E-state index contributed by atoms with van der Waals surface area (Å²) in [4.78, 5) is 4.05. The summed E-state index contributed by atoms with van der Waals surface area (Å²) in [5.41, 5.74) is 0.952. The fourth-order valence-electron chi connectivity index (χ4n) is 0.837. The summed E-state index contributed by atoms with van der Waals surface area (Å²) in [5, 5.41) is 0. The molecule has 0 aliphatic rings. The van der Waals surface area contributed by atoms with Crippen molar-refractivity contribution in [3.63, 3.8) is 0 Å². The summed E-state index contributed by atoms with van der Waals surface area (Å²) in [7, 11) is 0. The molecule has 0 aliphatic heterocycles. The number of hydrogen-bond donors (Lipinski definition) is 0. The lowest BCUT2D eigenvalue weighted by molar-refractivity contribution is 0.326. The molecule has 0 bridgehead atoms. The lowest BCUT2D eigenvalue weighted by atomic mass is 10.3. The van der Waals surface area contributed by atoms with Crippen molar-refractivity contribution in [1.29, 1.82) is 0 Å². The largest absolute Gasteiger partial charge is 0.492 e. The molecule has 0 unspecified atom stereocenters. The van der Waals surface area contributed by atoms with Crippen LogP contribution in [-0.2, 0) is 0 Å². The average molecular weight is 161 g/mol. The molecular formula is C10H11NO. The van der Waals surface area contributed by atoms with E-state index in [1.54, 1.807) is 6.20 Å². The molecule has 1 aromatic heterocycles. The highest BCUT2D eigenvalue weighted by atomic mass is 16.5. The molecule has 1 heterocycles. The van der Waals surface area contributed by atoms with Crippen LogP contribution in [0, 0.1) is 19.3 Å². The first-order chi connectivity index (χ1) is 5.83. The van der Waals surface area contributed by atoms with Gasteiger partial charge < -0.3 is 4.74 Å². The second kappa shape index (κ2) is 4.40. The Bertz CT molecular complexity index is 288. The maximum atomic E-state index is 5.34. The highest BCUT2D eigenvalue weighted by molar-refractivity contribution is 5.21. The van der Waals surface area contributed by atoms with Gasteiger partial charge in [0.2, 0.25) is 0 Å². The number of pyridine rings is 1. The van der Waals surface area contributed by atoms with E-state index in [0.29, 0.717) is 13.0 Å². The summed E-state index contributed by atoms with van der Waals surface area (Å²) in [5.74, 6) is 3.34. The lowest BCUT2D eigenvalue weighted by Crippen LogP contribution is -1.96. The quantitative estimate of drug-likeness (QED) is 0.498. The van der Waals surface area contributed by atoms with Gasteiger partial charge in [-0.25, -0.2) is 0 Å². The summed E-state index contributed by atoms with van der Waals surface area (Å²) in [6.45, 7) is 2.49. The van der Waals surface area contributed by atoms with Crippen LogP contribution in [0.15, 0.2) is 18.3 Å². The minimum Gasteiger partial charge on any atom is -0.492 e. The maximum absolute atomic E-state index is 5.34. The van der Waals surface area contributed by atoms with E-state index in [2.05, 4.69) is 10.9 Å². The first kappa shape index (κ1) is 8.61. The number of nitrogens with zero attached hydrogens (tertiary/aromatic N) is 1. The number of aromatic nitrogens is 1. The van der Waals surface area contributed by atoms with Gasteiger partial charge in [0.1, 0.15) is 5.75 Å². The SMILES string of the molecule is C#CCCOc1ccnc(C)c1. The molecule has 0 aromatic carbocycles. The second-order valence-corrected chi connectivity index (χ2v) is 2.44. The number of aryl methyl sites for hydroxylation is 1. The van der Waals surface area contributed by atoms with Crippen molar-refractivity contribution >= 4 is 0 Å². The van der Waals surface area contributed by atoms with Gasteiger partial charge >= 0.3 is 0 Å². The van der Waals surface area contributed by atoms with Crippen molar-refractivity contribution in [2.24, 2.45) is 0 Å². The van der Waals surface area contributed by atoms with E-state index in [1.807, 2.05) is 19.1 Å². The number of ether oxygens (including phenoxy) is 1. The highest BCUT2D eigenvalue weighted by Gasteiger charge is 1.92. The van der Waals surface area contributed by atoms with Crippen molar-refractivity contribution < 1.29 is 4.74 Å². The Hall–Kier alpha value is -1.49. The van der Waals surface area contributed by atoms with E-state index in [-0.39, 0.29) is 0 Å². The number of terminal acetylenes is 1. The molecule has 0 saturated carbocycles. The van der Waals surface area contributed by atoms with Crippen LogP contribution in [0.4, 0.5) is 0 Å². The Balaban J connectivity index is 2.48. The minimum absolute atomic E-state index is 0.569. The Morgan fingerprint density at radius 2 is 2.50 bits per heavy atom. The molecule has 0 spiro atoms. The maximum Gasteiger partial charge on any atom is 0.122 e. The van der Waals surface area contributed by atoms with Gasteiger partial charge in [0, 0.05) is 24.4 Å². The fourth-order valence-corrected chi connectivity index (χ4v) is 0.837. The average Bonchev–Trinajstić information content (AvgIpc) is 2.05. The van der Waals surface area contributed by atoms with Gasteiger partial charge in [0.05, 0.1) is 6.61 Å². The smallest absolute Gasteiger partial charge is 0.122 e. The molecule has 12 heavy (non-hydrogen) atoms. The molecule has 2 nitrogen and oxygen atoms in total. The van der Waals surface area contributed by atoms with Gasteiger partial charge in [-0.1, -0.05) is 0 Å². The van der Waals surface area contributed by atoms with E-state index in [9.17, 15) is 0 Å². The van der Waals surface area contributed by atoms with Crippen LogP contribution in [0.1, 0.15) is 12.1 Å². The molecule has 0 aliphatic carbocycles. The molecule has 0 N–H and O–H groups in total. The Labute approximate surface area is 72.6 Å². The first-order valence-electron chi connectivity index (χ1n) is 3.82. The molecule has 0 saturated heterocycles. The van der Waals surface area contributed by atoms with Crippen molar-refractivity contribution in [2.75, 3.05) is 6.61 Å². The number of rotatable bonds is 3. The molecule has 62 valence electrons. The number of hydrogen-bond acceptors (Lipinski definition) is 2. The van der Waals surface area contributed by atoms with Crippen molar-refractivity contribution in [2.45, 2.75) is 13.3 Å². The second-order valence-electron chi connectivity index (χ2n) is 2.44. The highest BCUT2D eigenvalue weighted by Crippen LogP contribution is 2.09. The normalized spacial score (nSPS) is 9.00. The standard InChI is InChI=1S/C10H11NO/c1-3-4-7-12-10-5-6-11-9(2)8-10/h1,5-6,8H,4,7H2,2H3. The van der Waals surface area contributed by atoms with Gasteiger partial charge in [-0.3, -0.25) is 4.98 Å². The third-order valence-electron chi connectivity index (χ3n) is 1.38. The summed E-state index contributed by atoms with van der Waals surface area (Å²) in [6.07, 6.45) is 7.44. The van der Waals surface area contributed by atoms with Gasteiger partial charge in [0.25, 0.3) is 0 Å². The van der Waals surface area contributed by atoms with Crippen LogP contribution in [0.2, 0.25) is 0 Å². The Kier molecular flexibility index (Phi) is 3.16. The van der Waals surface area contributed by atoms with Crippen LogP contribution < -0.4 is 4.74 Å². The first-order valence-corrected chi connectivity index (χ1v) is 3.82. The van der Waals surface area contributed by atoms with Crippen LogP contribution in [0.25, 0.3) is 0 Å². The topological polar surface area (TPSA) is 22.1 Å². The fraction of sp³-hybridized carbons (Fsp3) is 0.300. The Morgan fingerprint density at radius 3 is 3.17 bits per heavy atom. The molecule has 0 atom stereocenters. The van der Waals surface area contributed by atoms with Crippen molar-refractivity contribution in [3.05, 3.63) is 24.0 Å². The zero-order valence-corrected chi connectivity index (χ0v) is 7.08. The van der Waals surface area contributed by atoms with Crippen LogP contribution in [-0.4, -0.2) is 11.6 Å². The van der Waals surface area contributed by atoms with Crippen molar-refractivity contribution in [3.8, 4) is 18.1 Å². The monoisotopic (exact) mass is 161 g/mol. The molecule has 1 aromatic rings. The Morgan fingerprint density at radius 1 is 1.67 bits per heavy atom. The van der Waals surface area contributed by atoms with E-state index in [0.717, 1.165) is 11.4 Å². The lowest BCUT2D eigenvalue weighted by Gasteiger charge is -2.03. The molecule has 1 rings (SSSR count). The molecule has 0 radical (unpaired) electrons. The van der Waals surface area contributed by atoms with E-state index in [1.165, 1.54) is 0 Å². The third kappa shape index (κ3) is 2.63. The molecule has 2 heteroatoms. The van der Waals surface area contributed by atoms with Crippen molar-refractivity contribution in [1.82, 2.24) is 4.98 Å². The van der Waals surface area contributed by atoms with Crippen LogP contribution in [0.5, 0.6) is 5.75 Å². The van der Waals surface area contributed by atoms with E-state index in [4.69, 9.17) is 11.2 Å². The third-order valence-corrected chi connectivity index (χ3v) is 1.38. The predicted molar refractivity (Wildman–Crippen MR) is 47.9 cm³/mol. The van der Waals surface area contributed by atoms with Gasteiger partial charge in [0.15, 0.2) is 0 Å². The molecular weight excluding hydrogens is 150 g/mol. The van der Waals surface area contributed by atoms with Gasteiger partial charge in [-0.05, 0) is 13.0 Å². The van der Waals surface area contributed by atoms with Crippen LogP contribution >= 0.6 is 0 Å². The summed E-state index contributed by atoms with van der Waals surface area (Å²) in [6, 6.07) is 3.71. The van der Waals surface area contributed by atoms with Gasteiger partial charge in [-0.15, -0.1) is 12.3 Å².